The molecule has 0 saturated heterocycles. The molecule has 1 atom stereocenters. The summed E-state index contributed by atoms with van der Waals surface area (Å²) in [5.74, 6) is -0.220. The van der Waals surface area contributed by atoms with Crippen molar-refractivity contribution in [2.75, 3.05) is 16.9 Å². The highest BCUT2D eigenvalue weighted by atomic mass is 32.2. The normalized spacial score (nSPS) is 12.6. The molecule has 0 aliphatic heterocycles. The monoisotopic (exact) mass is 540 g/mol. The molecule has 11 heteroatoms. The zero-order valence-corrected chi connectivity index (χ0v) is 21.1. The summed E-state index contributed by atoms with van der Waals surface area (Å²) in [6.45, 7) is 1.87. The molecular weight excluding hydrogens is 517 g/mol. The van der Waals surface area contributed by atoms with Gasteiger partial charge in [-0.3, -0.25) is 9.78 Å². The van der Waals surface area contributed by atoms with Crippen LogP contribution < -0.4 is 10.6 Å². The average Bonchev–Trinajstić information content (AvgIpc) is 2.88. The van der Waals surface area contributed by atoms with Gasteiger partial charge < -0.3 is 10.6 Å². The number of nitrogens with zero attached hydrogens (tertiary/aromatic N) is 2. The first-order chi connectivity index (χ1) is 17.9. The smallest absolute Gasteiger partial charge is 0.362 e. The topological polar surface area (TPSA) is 101 Å². The van der Waals surface area contributed by atoms with Crippen LogP contribution in [0.3, 0.4) is 0 Å². The van der Waals surface area contributed by atoms with Crippen LogP contribution in [0.2, 0.25) is 0 Å². The number of rotatable bonds is 7. The largest absolute Gasteiger partial charge is 0.416 e. The minimum atomic E-state index is -4.55. The summed E-state index contributed by atoms with van der Waals surface area (Å²) in [5.41, 5.74) is 1.26. The fourth-order valence-electron chi connectivity index (χ4n) is 3.69. The summed E-state index contributed by atoms with van der Waals surface area (Å²) < 4.78 is 62.8. The number of anilines is 2. The second-order valence-electron chi connectivity index (χ2n) is 8.61. The maximum absolute atomic E-state index is 13.0. The molecule has 0 aliphatic rings. The second kappa shape index (κ2) is 10.6. The Morgan fingerprint density at radius 2 is 1.68 bits per heavy atom. The summed E-state index contributed by atoms with van der Waals surface area (Å²) in [6.07, 6.45) is -0.359. The van der Waals surface area contributed by atoms with Crippen molar-refractivity contribution in [2.45, 2.75) is 24.0 Å². The number of alkyl halides is 3. The second-order valence-corrected chi connectivity index (χ2v) is 10.6. The van der Waals surface area contributed by atoms with Gasteiger partial charge in [0.25, 0.3) is 5.91 Å². The van der Waals surface area contributed by atoms with Crippen LogP contribution in [0.1, 0.15) is 34.5 Å². The number of sulfone groups is 1. The maximum Gasteiger partial charge on any atom is 0.416 e. The van der Waals surface area contributed by atoms with E-state index in [1.807, 2.05) is 13.0 Å². The van der Waals surface area contributed by atoms with Crippen molar-refractivity contribution in [2.24, 2.45) is 0 Å². The number of hydrogen-bond acceptors (Lipinski definition) is 6. The number of hydrogen-bond donors (Lipinski definition) is 2. The minimum Gasteiger partial charge on any atom is -0.362 e. The Morgan fingerprint density at radius 1 is 0.947 bits per heavy atom. The molecule has 1 aromatic heterocycles. The van der Waals surface area contributed by atoms with Gasteiger partial charge in [0.05, 0.1) is 34.6 Å². The van der Waals surface area contributed by atoms with E-state index in [4.69, 9.17) is 0 Å². The van der Waals surface area contributed by atoms with E-state index in [-0.39, 0.29) is 16.5 Å². The van der Waals surface area contributed by atoms with Crippen molar-refractivity contribution in [1.82, 2.24) is 9.97 Å². The third-order valence-electron chi connectivity index (χ3n) is 5.65. The molecule has 1 heterocycles. The molecule has 7 nitrogen and oxygen atoms in total. The zero-order valence-electron chi connectivity index (χ0n) is 20.3. The number of nitrogens with one attached hydrogen (secondary N) is 2. The van der Waals surface area contributed by atoms with E-state index in [2.05, 4.69) is 20.6 Å². The number of carbonyl (C=O) groups is 1. The van der Waals surface area contributed by atoms with Crippen LogP contribution in [-0.4, -0.2) is 30.5 Å². The van der Waals surface area contributed by atoms with Crippen LogP contribution in [0.15, 0.2) is 90.1 Å². The zero-order chi connectivity index (χ0) is 27.5. The van der Waals surface area contributed by atoms with Crippen molar-refractivity contribution >= 4 is 27.2 Å². The molecule has 4 rings (SSSR count). The van der Waals surface area contributed by atoms with Gasteiger partial charge in [-0.2, -0.15) is 13.2 Å². The van der Waals surface area contributed by atoms with Gasteiger partial charge in [-0.05, 0) is 55.0 Å². The molecule has 0 saturated carbocycles. The molecule has 196 valence electrons. The highest BCUT2D eigenvalue weighted by molar-refractivity contribution is 7.90. The summed E-state index contributed by atoms with van der Waals surface area (Å²) in [7, 11) is -3.38. The molecular formula is C27H23F3N4O3S. The van der Waals surface area contributed by atoms with Crippen LogP contribution in [0.5, 0.6) is 0 Å². The lowest BCUT2D eigenvalue weighted by atomic mass is 10.1. The first-order valence-corrected chi connectivity index (χ1v) is 13.3. The Kier molecular flexibility index (Phi) is 7.49. The lowest BCUT2D eigenvalue weighted by Gasteiger charge is -2.17. The standard InChI is InChI=1S/C27H23F3N4O3S/c1-17(32-25-16-31-15-24(34-25)19-7-5-11-23(14-19)38(2,36)37)18-6-4-10-22(13-18)33-26(35)20-8-3-9-21(12-20)27(28,29)30/h3-17H,1-2H3,(H,32,34)(H,33,35)/t17-/m0/s1. The van der Waals surface area contributed by atoms with Gasteiger partial charge in [0, 0.05) is 23.1 Å². The molecule has 2 N–H and O–H groups in total. The third kappa shape index (κ3) is 6.54. The van der Waals surface area contributed by atoms with Gasteiger partial charge in [-0.1, -0.05) is 30.3 Å². The fraction of sp³-hybridized carbons (Fsp3) is 0.148. The molecule has 0 bridgehead atoms. The Morgan fingerprint density at radius 3 is 2.42 bits per heavy atom. The Bertz CT molecular complexity index is 1590. The SMILES string of the molecule is C[C@H](Nc1cncc(-c2cccc(S(C)(=O)=O)c2)n1)c1cccc(NC(=O)c2cccc(C(F)(F)F)c2)c1. The lowest BCUT2D eigenvalue weighted by molar-refractivity contribution is -0.137. The van der Waals surface area contributed by atoms with E-state index in [0.717, 1.165) is 24.0 Å². The summed E-state index contributed by atoms with van der Waals surface area (Å²) >= 11 is 0. The highest BCUT2D eigenvalue weighted by Gasteiger charge is 2.30. The minimum absolute atomic E-state index is 0.108. The molecule has 1 amide bonds. The first-order valence-electron chi connectivity index (χ1n) is 11.4. The van der Waals surface area contributed by atoms with E-state index in [1.165, 1.54) is 36.7 Å². The fourth-order valence-corrected chi connectivity index (χ4v) is 4.36. The van der Waals surface area contributed by atoms with Crippen LogP contribution in [0.25, 0.3) is 11.3 Å². The summed E-state index contributed by atoms with van der Waals surface area (Å²) in [4.78, 5) is 21.5. The van der Waals surface area contributed by atoms with Crippen molar-refractivity contribution in [1.29, 1.82) is 0 Å². The predicted octanol–water partition coefficient (Wildman–Crippen LogP) is 5.99. The Labute approximate surface area is 217 Å². The predicted molar refractivity (Wildman–Crippen MR) is 138 cm³/mol. The van der Waals surface area contributed by atoms with E-state index >= 15 is 0 Å². The van der Waals surface area contributed by atoms with Crippen LogP contribution in [0, 0.1) is 0 Å². The highest BCUT2D eigenvalue weighted by Crippen LogP contribution is 2.30. The number of aromatic nitrogens is 2. The summed E-state index contributed by atoms with van der Waals surface area (Å²) in [5, 5.41) is 5.85. The average molecular weight is 541 g/mol. The lowest BCUT2D eigenvalue weighted by Crippen LogP contribution is -2.14. The molecule has 3 aromatic carbocycles. The third-order valence-corrected chi connectivity index (χ3v) is 6.76. The molecule has 0 radical (unpaired) electrons. The summed E-state index contributed by atoms with van der Waals surface area (Å²) in [6, 6.07) is 17.2. The van der Waals surface area contributed by atoms with Crippen LogP contribution >= 0.6 is 0 Å². The van der Waals surface area contributed by atoms with Crippen molar-refractivity contribution in [3.05, 3.63) is 102 Å². The molecule has 4 aromatic rings. The molecule has 0 fully saturated rings. The van der Waals surface area contributed by atoms with Gasteiger partial charge >= 0.3 is 6.18 Å². The Balaban J connectivity index is 1.49. The number of benzene rings is 3. The first kappa shape index (κ1) is 26.8. The van der Waals surface area contributed by atoms with Crippen LogP contribution in [0.4, 0.5) is 24.7 Å². The maximum atomic E-state index is 13.0. The molecule has 38 heavy (non-hydrogen) atoms. The molecule has 0 unspecified atom stereocenters. The van der Waals surface area contributed by atoms with Gasteiger partial charge in [0.15, 0.2) is 9.84 Å². The van der Waals surface area contributed by atoms with Crippen molar-refractivity contribution < 1.29 is 26.4 Å². The van der Waals surface area contributed by atoms with E-state index < -0.39 is 27.5 Å². The van der Waals surface area contributed by atoms with Crippen molar-refractivity contribution in [3.63, 3.8) is 0 Å². The Hall–Kier alpha value is -4.25. The van der Waals surface area contributed by atoms with Gasteiger partial charge in [0.2, 0.25) is 0 Å². The quantitative estimate of drug-likeness (QED) is 0.299. The van der Waals surface area contributed by atoms with Gasteiger partial charge in [-0.25, -0.2) is 13.4 Å². The van der Waals surface area contributed by atoms with Crippen molar-refractivity contribution in [3.8, 4) is 11.3 Å². The molecule has 0 aliphatic carbocycles. The number of amides is 1. The number of carbonyl (C=O) groups excluding carboxylic acids is 1. The number of halogens is 3. The van der Waals surface area contributed by atoms with E-state index in [9.17, 15) is 26.4 Å². The van der Waals surface area contributed by atoms with Crippen LogP contribution in [-0.2, 0) is 16.0 Å². The van der Waals surface area contributed by atoms with Gasteiger partial charge in [-0.15, -0.1) is 0 Å². The van der Waals surface area contributed by atoms with E-state index in [0.29, 0.717) is 22.8 Å². The van der Waals surface area contributed by atoms with E-state index in [1.54, 1.807) is 30.3 Å². The van der Waals surface area contributed by atoms with Gasteiger partial charge in [0.1, 0.15) is 5.82 Å². The molecule has 0 spiro atoms.